The first kappa shape index (κ1) is 15.4. The van der Waals surface area contributed by atoms with Crippen LogP contribution in [0.5, 0.6) is 0 Å². The second kappa shape index (κ2) is 6.64. The van der Waals surface area contributed by atoms with Crippen molar-refractivity contribution in [3.8, 4) is 0 Å². The fourth-order valence-corrected chi connectivity index (χ4v) is 2.44. The number of aryl methyl sites for hydroxylation is 1. The minimum absolute atomic E-state index is 0.0802. The Hall–Kier alpha value is -2.00. The quantitative estimate of drug-likeness (QED) is 0.838. The van der Waals surface area contributed by atoms with Gasteiger partial charge in [0, 0.05) is 6.04 Å². The third kappa shape index (κ3) is 3.56. The van der Waals surface area contributed by atoms with Gasteiger partial charge < -0.3 is 10.1 Å². The van der Waals surface area contributed by atoms with E-state index in [1.807, 2.05) is 12.1 Å². The van der Waals surface area contributed by atoms with Gasteiger partial charge in [0.1, 0.15) is 0 Å². The van der Waals surface area contributed by atoms with E-state index in [1.54, 1.807) is 18.2 Å². The second-order valence-electron chi connectivity index (χ2n) is 4.91. The molecule has 0 spiro atoms. The monoisotopic (exact) mass is 303 g/mol. The fraction of sp³-hybridized carbons (Fsp3) is 0.235. The number of anilines is 1. The molecule has 0 heterocycles. The first-order valence-corrected chi connectivity index (χ1v) is 7.10. The highest BCUT2D eigenvalue weighted by molar-refractivity contribution is 6.33. The number of benzene rings is 2. The van der Waals surface area contributed by atoms with E-state index >= 15 is 0 Å². The molecule has 3 nitrogen and oxygen atoms in total. The number of ether oxygens (including phenoxy) is 1. The molecule has 0 bridgehead atoms. The molecule has 0 radical (unpaired) electrons. The Morgan fingerprint density at radius 2 is 1.95 bits per heavy atom. The Kier molecular flexibility index (Phi) is 4.86. The number of methoxy groups -OCH3 is 1. The number of esters is 1. The molecular weight excluding hydrogens is 286 g/mol. The average Bonchev–Trinajstić information content (AvgIpc) is 2.49. The third-order valence-corrected chi connectivity index (χ3v) is 3.74. The molecule has 0 saturated heterocycles. The molecule has 0 amide bonds. The second-order valence-corrected chi connectivity index (χ2v) is 5.32. The van der Waals surface area contributed by atoms with E-state index in [4.69, 9.17) is 16.3 Å². The Balaban J connectivity index is 2.27. The summed E-state index contributed by atoms with van der Waals surface area (Å²) in [5.41, 5.74) is 3.59. The summed E-state index contributed by atoms with van der Waals surface area (Å²) in [7, 11) is 1.36. The molecule has 0 aromatic heterocycles. The van der Waals surface area contributed by atoms with Gasteiger partial charge in [-0.3, -0.25) is 0 Å². The van der Waals surface area contributed by atoms with E-state index < -0.39 is 0 Å². The summed E-state index contributed by atoms with van der Waals surface area (Å²) in [5.74, 6) is -0.377. The minimum Gasteiger partial charge on any atom is -0.465 e. The van der Waals surface area contributed by atoms with Crippen molar-refractivity contribution in [3.63, 3.8) is 0 Å². The Morgan fingerprint density at radius 1 is 1.24 bits per heavy atom. The number of carbonyl (C=O) groups is 1. The van der Waals surface area contributed by atoms with Crippen molar-refractivity contribution in [1.82, 2.24) is 0 Å². The van der Waals surface area contributed by atoms with Gasteiger partial charge in [-0.1, -0.05) is 35.9 Å². The summed E-state index contributed by atoms with van der Waals surface area (Å²) >= 11 is 6.20. The lowest BCUT2D eigenvalue weighted by atomic mass is 10.0. The molecular formula is C17H18ClNO2. The zero-order valence-corrected chi connectivity index (χ0v) is 13.1. The zero-order valence-electron chi connectivity index (χ0n) is 12.3. The van der Waals surface area contributed by atoms with Crippen molar-refractivity contribution >= 4 is 23.3 Å². The molecule has 2 aromatic carbocycles. The molecule has 2 rings (SSSR count). The van der Waals surface area contributed by atoms with Crippen molar-refractivity contribution in [2.45, 2.75) is 19.9 Å². The molecule has 0 fully saturated rings. The molecule has 0 saturated carbocycles. The Morgan fingerprint density at radius 3 is 2.62 bits per heavy atom. The van der Waals surface area contributed by atoms with Crippen molar-refractivity contribution in [2.75, 3.05) is 12.4 Å². The molecule has 0 aliphatic carbocycles. The van der Waals surface area contributed by atoms with Gasteiger partial charge in [-0.05, 0) is 43.2 Å². The average molecular weight is 304 g/mol. The first-order chi connectivity index (χ1) is 10.0. The van der Waals surface area contributed by atoms with E-state index in [2.05, 4.69) is 31.3 Å². The van der Waals surface area contributed by atoms with E-state index in [0.29, 0.717) is 10.6 Å². The summed E-state index contributed by atoms with van der Waals surface area (Å²) in [6.45, 7) is 4.13. The van der Waals surface area contributed by atoms with Gasteiger partial charge >= 0.3 is 5.97 Å². The summed E-state index contributed by atoms with van der Waals surface area (Å²) < 4.78 is 4.73. The standard InChI is InChI=1S/C17H18ClNO2/c1-11-6-4-5-7-14(11)12(2)19-16-10-13(17(20)21-3)8-9-15(16)18/h4-10,12,19H,1-3H3. The van der Waals surface area contributed by atoms with Crippen LogP contribution in [-0.2, 0) is 4.74 Å². The zero-order chi connectivity index (χ0) is 15.4. The minimum atomic E-state index is -0.377. The molecule has 21 heavy (non-hydrogen) atoms. The van der Waals surface area contributed by atoms with Crippen LogP contribution in [0.2, 0.25) is 5.02 Å². The molecule has 1 N–H and O–H groups in total. The van der Waals surface area contributed by atoms with Crippen molar-refractivity contribution in [3.05, 3.63) is 64.2 Å². The van der Waals surface area contributed by atoms with Crippen molar-refractivity contribution < 1.29 is 9.53 Å². The highest BCUT2D eigenvalue weighted by Gasteiger charge is 2.12. The number of halogens is 1. The number of hydrogen-bond acceptors (Lipinski definition) is 3. The van der Waals surface area contributed by atoms with Gasteiger partial charge in [0.15, 0.2) is 0 Å². The van der Waals surface area contributed by atoms with Crippen LogP contribution in [0.1, 0.15) is 34.5 Å². The van der Waals surface area contributed by atoms with Crippen LogP contribution in [0.15, 0.2) is 42.5 Å². The van der Waals surface area contributed by atoms with Gasteiger partial charge in [0.25, 0.3) is 0 Å². The SMILES string of the molecule is COC(=O)c1ccc(Cl)c(NC(C)c2ccccc2C)c1. The van der Waals surface area contributed by atoms with Crippen LogP contribution in [0.3, 0.4) is 0 Å². The molecule has 0 aliphatic rings. The molecule has 110 valence electrons. The number of rotatable bonds is 4. The lowest BCUT2D eigenvalue weighted by Crippen LogP contribution is -2.09. The topological polar surface area (TPSA) is 38.3 Å². The van der Waals surface area contributed by atoms with Crippen LogP contribution < -0.4 is 5.32 Å². The van der Waals surface area contributed by atoms with Crippen molar-refractivity contribution in [1.29, 1.82) is 0 Å². The maximum absolute atomic E-state index is 11.6. The van der Waals surface area contributed by atoms with Crippen LogP contribution in [-0.4, -0.2) is 13.1 Å². The van der Waals surface area contributed by atoms with Gasteiger partial charge in [-0.25, -0.2) is 4.79 Å². The van der Waals surface area contributed by atoms with E-state index in [-0.39, 0.29) is 12.0 Å². The summed E-state index contributed by atoms with van der Waals surface area (Å²) in [6, 6.07) is 13.3. The Bertz CT molecular complexity index is 655. The third-order valence-electron chi connectivity index (χ3n) is 3.41. The smallest absolute Gasteiger partial charge is 0.337 e. The van der Waals surface area contributed by atoms with Crippen LogP contribution >= 0.6 is 11.6 Å². The molecule has 2 aromatic rings. The lowest BCUT2D eigenvalue weighted by molar-refractivity contribution is 0.0601. The molecule has 1 atom stereocenters. The molecule has 0 aliphatic heterocycles. The van der Waals surface area contributed by atoms with Crippen molar-refractivity contribution in [2.24, 2.45) is 0 Å². The fourth-order valence-electron chi connectivity index (χ4n) is 2.26. The van der Waals surface area contributed by atoms with Gasteiger partial charge in [-0.15, -0.1) is 0 Å². The lowest BCUT2D eigenvalue weighted by Gasteiger charge is -2.19. The van der Waals surface area contributed by atoms with Crippen LogP contribution in [0, 0.1) is 6.92 Å². The molecule has 4 heteroatoms. The highest BCUT2D eigenvalue weighted by atomic mass is 35.5. The van der Waals surface area contributed by atoms with Crippen LogP contribution in [0.4, 0.5) is 5.69 Å². The van der Waals surface area contributed by atoms with Crippen LogP contribution in [0.25, 0.3) is 0 Å². The number of nitrogens with one attached hydrogen (secondary N) is 1. The van der Waals surface area contributed by atoms with E-state index in [0.717, 1.165) is 5.69 Å². The maximum atomic E-state index is 11.6. The Labute approximate surface area is 129 Å². The predicted molar refractivity (Wildman–Crippen MR) is 86.0 cm³/mol. The predicted octanol–water partition coefficient (Wildman–Crippen LogP) is 4.61. The van der Waals surface area contributed by atoms with Gasteiger partial charge in [0.05, 0.1) is 23.4 Å². The first-order valence-electron chi connectivity index (χ1n) is 6.73. The normalized spacial score (nSPS) is 11.8. The van der Waals surface area contributed by atoms with E-state index in [9.17, 15) is 4.79 Å². The number of hydrogen-bond donors (Lipinski definition) is 1. The van der Waals surface area contributed by atoms with E-state index in [1.165, 1.54) is 18.2 Å². The largest absolute Gasteiger partial charge is 0.465 e. The summed E-state index contributed by atoms with van der Waals surface area (Å²) in [4.78, 5) is 11.6. The number of carbonyl (C=O) groups excluding carboxylic acids is 1. The van der Waals surface area contributed by atoms with Gasteiger partial charge in [0.2, 0.25) is 0 Å². The summed E-state index contributed by atoms with van der Waals surface area (Å²) in [5, 5.41) is 3.92. The van der Waals surface area contributed by atoms with Gasteiger partial charge in [-0.2, -0.15) is 0 Å². The molecule has 1 unspecified atom stereocenters. The summed E-state index contributed by atoms with van der Waals surface area (Å²) in [6.07, 6.45) is 0. The maximum Gasteiger partial charge on any atom is 0.337 e. The highest BCUT2D eigenvalue weighted by Crippen LogP contribution is 2.28.